The first-order chi connectivity index (χ1) is 14.3. The van der Waals surface area contributed by atoms with Crippen LogP contribution < -0.4 is 5.32 Å². The zero-order valence-electron chi connectivity index (χ0n) is 16.1. The molecule has 2 N–H and O–H groups in total. The lowest BCUT2D eigenvalue weighted by Gasteiger charge is -2.46. The van der Waals surface area contributed by atoms with E-state index < -0.39 is 0 Å². The van der Waals surface area contributed by atoms with Gasteiger partial charge >= 0.3 is 0 Å². The summed E-state index contributed by atoms with van der Waals surface area (Å²) in [7, 11) is 0. The number of H-pyrrole nitrogens is 1. The van der Waals surface area contributed by atoms with Crippen molar-refractivity contribution >= 4 is 28.0 Å². The molecule has 1 spiro atoms. The van der Waals surface area contributed by atoms with Gasteiger partial charge < -0.3 is 15.0 Å². The molecule has 1 saturated heterocycles. The molecule has 1 saturated carbocycles. The summed E-state index contributed by atoms with van der Waals surface area (Å²) in [6.45, 7) is 0.927. The van der Waals surface area contributed by atoms with Crippen LogP contribution >= 0.6 is 0 Å². The van der Waals surface area contributed by atoms with Crippen LogP contribution in [0.2, 0.25) is 0 Å². The highest BCUT2D eigenvalue weighted by Crippen LogP contribution is 2.41. The van der Waals surface area contributed by atoms with Crippen LogP contribution in [0.4, 0.5) is 5.95 Å². The van der Waals surface area contributed by atoms with E-state index >= 15 is 0 Å². The molecule has 146 valence electrons. The summed E-state index contributed by atoms with van der Waals surface area (Å²) in [6.07, 6.45) is 13.0. The zero-order valence-corrected chi connectivity index (χ0v) is 16.1. The third-order valence-corrected chi connectivity index (χ3v) is 6.41. The van der Waals surface area contributed by atoms with Crippen molar-refractivity contribution in [3.8, 4) is 11.1 Å². The van der Waals surface area contributed by atoms with Crippen molar-refractivity contribution in [1.82, 2.24) is 24.9 Å². The standard InChI is InChI=1S/C22H22N6O/c1-2-18-19(24-9-8-23-18)11-14(1)16-12-25-20-17(16)13-26-21(28-20)27-15-3-5-22(6-4-15)7-10-29-22/h1-2,8-9,11-13,15H,3-7,10H2,(H2,25,26,27,28)/t15-,22-. The van der Waals surface area contributed by atoms with Gasteiger partial charge in [0.05, 0.1) is 23.2 Å². The minimum Gasteiger partial charge on any atom is -0.375 e. The predicted octanol–water partition coefficient (Wildman–Crippen LogP) is 4.08. The smallest absolute Gasteiger partial charge is 0.224 e. The SMILES string of the molecule is c1cnc2cc(-c3c[nH]c4nc(N[C@H]5CC[C@@]6(CCO6)CC5)ncc34)ccc2n1. The molecule has 0 bridgehead atoms. The Hall–Kier alpha value is -3.06. The van der Waals surface area contributed by atoms with Crippen molar-refractivity contribution in [2.45, 2.75) is 43.7 Å². The Morgan fingerprint density at radius 1 is 1.03 bits per heavy atom. The van der Waals surface area contributed by atoms with Crippen LogP contribution in [0.1, 0.15) is 32.1 Å². The summed E-state index contributed by atoms with van der Waals surface area (Å²) in [5.74, 6) is 0.686. The lowest BCUT2D eigenvalue weighted by atomic mass is 9.77. The van der Waals surface area contributed by atoms with Crippen LogP contribution in [0, 0.1) is 0 Å². The van der Waals surface area contributed by atoms with Crippen molar-refractivity contribution < 1.29 is 4.74 Å². The molecule has 2 fully saturated rings. The first-order valence-corrected chi connectivity index (χ1v) is 10.2. The highest BCUT2D eigenvalue weighted by atomic mass is 16.5. The Labute approximate surface area is 168 Å². The van der Waals surface area contributed by atoms with E-state index in [2.05, 4.69) is 37.4 Å². The number of ether oxygens (including phenoxy) is 1. The van der Waals surface area contributed by atoms with E-state index in [-0.39, 0.29) is 5.60 Å². The maximum absolute atomic E-state index is 5.81. The third-order valence-electron chi connectivity index (χ3n) is 6.41. The van der Waals surface area contributed by atoms with E-state index in [1.807, 2.05) is 18.5 Å². The normalized spacial score (nSPS) is 24.1. The molecule has 0 amide bonds. The molecular weight excluding hydrogens is 364 g/mol. The molecule has 0 atom stereocenters. The minimum absolute atomic E-state index is 0.182. The molecular formula is C22H22N6O. The topological polar surface area (TPSA) is 88.6 Å². The first-order valence-electron chi connectivity index (χ1n) is 10.2. The largest absolute Gasteiger partial charge is 0.375 e. The average Bonchev–Trinajstić information content (AvgIpc) is 3.16. The molecule has 3 aromatic heterocycles. The quantitative estimate of drug-likeness (QED) is 0.551. The molecule has 1 aromatic carbocycles. The highest BCUT2D eigenvalue weighted by Gasteiger charge is 2.41. The van der Waals surface area contributed by atoms with Gasteiger partial charge in [-0.25, -0.2) is 4.98 Å². The molecule has 4 aromatic rings. The number of hydrogen-bond donors (Lipinski definition) is 2. The van der Waals surface area contributed by atoms with E-state index in [4.69, 9.17) is 9.72 Å². The number of aromatic nitrogens is 5. The van der Waals surface area contributed by atoms with Gasteiger partial charge in [-0.3, -0.25) is 9.97 Å². The number of nitrogens with zero attached hydrogens (tertiary/aromatic N) is 4. The van der Waals surface area contributed by atoms with E-state index in [1.165, 1.54) is 6.42 Å². The highest BCUT2D eigenvalue weighted by molar-refractivity contribution is 5.95. The average molecular weight is 386 g/mol. The van der Waals surface area contributed by atoms with Gasteiger partial charge in [-0.05, 0) is 49.8 Å². The Morgan fingerprint density at radius 2 is 1.86 bits per heavy atom. The summed E-state index contributed by atoms with van der Waals surface area (Å²) in [5.41, 5.74) is 4.94. The van der Waals surface area contributed by atoms with E-state index in [1.54, 1.807) is 12.4 Å². The van der Waals surface area contributed by atoms with Gasteiger partial charge in [0.1, 0.15) is 5.65 Å². The number of aromatic amines is 1. The summed E-state index contributed by atoms with van der Waals surface area (Å²) in [4.78, 5) is 21.3. The number of benzene rings is 1. The fourth-order valence-corrected chi connectivity index (χ4v) is 4.60. The molecule has 2 aliphatic rings. The van der Waals surface area contributed by atoms with Crippen molar-refractivity contribution in [3.63, 3.8) is 0 Å². The maximum Gasteiger partial charge on any atom is 0.224 e. The van der Waals surface area contributed by atoms with Gasteiger partial charge in [-0.15, -0.1) is 0 Å². The summed E-state index contributed by atoms with van der Waals surface area (Å²) in [5, 5.41) is 4.52. The molecule has 7 nitrogen and oxygen atoms in total. The lowest BCUT2D eigenvalue weighted by Crippen LogP contribution is -2.48. The zero-order chi connectivity index (χ0) is 19.3. The molecule has 4 heterocycles. The van der Waals surface area contributed by atoms with Crippen LogP contribution in [-0.2, 0) is 4.74 Å². The maximum atomic E-state index is 5.81. The second-order valence-corrected chi connectivity index (χ2v) is 8.12. The van der Waals surface area contributed by atoms with Crippen LogP contribution in [0.3, 0.4) is 0 Å². The van der Waals surface area contributed by atoms with Crippen molar-refractivity contribution in [1.29, 1.82) is 0 Å². The van der Waals surface area contributed by atoms with E-state index in [9.17, 15) is 0 Å². The van der Waals surface area contributed by atoms with E-state index in [0.717, 1.165) is 65.5 Å². The summed E-state index contributed by atoms with van der Waals surface area (Å²) >= 11 is 0. The molecule has 6 rings (SSSR count). The molecule has 0 radical (unpaired) electrons. The van der Waals surface area contributed by atoms with Gasteiger partial charge in [0.15, 0.2) is 0 Å². The monoisotopic (exact) mass is 386 g/mol. The van der Waals surface area contributed by atoms with Crippen LogP contribution in [0.15, 0.2) is 43.0 Å². The first kappa shape index (κ1) is 16.9. The van der Waals surface area contributed by atoms with Crippen LogP contribution in [-0.4, -0.2) is 43.2 Å². The van der Waals surface area contributed by atoms with E-state index in [0.29, 0.717) is 12.0 Å². The number of rotatable bonds is 3. The third kappa shape index (κ3) is 2.93. The number of anilines is 1. The fourth-order valence-electron chi connectivity index (χ4n) is 4.60. The second-order valence-electron chi connectivity index (χ2n) is 8.12. The number of hydrogen-bond acceptors (Lipinski definition) is 6. The van der Waals surface area contributed by atoms with Gasteiger partial charge in [-0.2, -0.15) is 4.98 Å². The van der Waals surface area contributed by atoms with Crippen molar-refractivity contribution in [2.75, 3.05) is 11.9 Å². The Morgan fingerprint density at radius 3 is 2.66 bits per heavy atom. The van der Waals surface area contributed by atoms with Crippen LogP contribution in [0.25, 0.3) is 33.2 Å². The van der Waals surface area contributed by atoms with Crippen LogP contribution in [0.5, 0.6) is 0 Å². The molecule has 1 aliphatic heterocycles. The predicted molar refractivity (Wildman–Crippen MR) is 112 cm³/mol. The van der Waals surface area contributed by atoms with Crippen molar-refractivity contribution in [2.24, 2.45) is 0 Å². The summed E-state index contributed by atoms with van der Waals surface area (Å²) in [6, 6.07) is 6.52. The molecule has 29 heavy (non-hydrogen) atoms. The van der Waals surface area contributed by atoms with Gasteiger partial charge in [0.2, 0.25) is 5.95 Å². The van der Waals surface area contributed by atoms with Gasteiger partial charge in [0, 0.05) is 41.8 Å². The number of nitrogens with one attached hydrogen (secondary N) is 2. The molecule has 0 unspecified atom stereocenters. The minimum atomic E-state index is 0.182. The molecule has 7 heteroatoms. The molecule has 1 aliphatic carbocycles. The lowest BCUT2D eigenvalue weighted by molar-refractivity contribution is -0.165. The Bertz CT molecular complexity index is 1190. The second kappa shape index (κ2) is 6.49. The van der Waals surface area contributed by atoms with Gasteiger partial charge in [-0.1, -0.05) is 6.07 Å². The van der Waals surface area contributed by atoms with Crippen molar-refractivity contribution in [3.05, 3.63) is 43.0 Å². The summed E-state index contributed by atoms with van der Waals surface area (Å²) < 4.78 is 5.81. The Kier molecular flexibility index (Phi) is 3.77. The Balaban J connectivity index is 1.24. The van der Waals surface area contributed by atoms with Gasteiger partial charge in [0.25, 0.3) is 0 Å². The number of fused-ring (bicyclic) bond motifs is 2. The fraction of sp³-hybridized carbons (Fsp3) is 0.364.